The molecule has 0 spiro atoms. The van der Waals surface area contributed by atoms with Gasteiger partial charge in [0.05, 0.1) is 16.5 Å². The summed E-state index contributed by atoms with van der Waals surface area (Å²) < 4.78 is 5.16. The fourth-order valence-corrected chi connectivity index (χ4v) is 5.43. The Labute approximate surface area is 214 Å². The lowest BCUT2D eigenvalue weighted by atomic mass is 9.84. The van der Waals surface area contributed by atoms with Crippen LogP contribution in [0.3, 0.4) is 0 Å². The van der Waals surface area contributed by atoms with Crippen molar-refractivity contribution >= 4 is 17.5 Å². The monoisotopic (exact) mass is 488 g/mol. The third-order valence-electron chi connectivity index (χ3n) is 5.61. The molecule has 0 fully saturated rings. The van der Waals surface area contributed by atoms with Crippen LogP contribution in [0.15, 0.2) is 103 Å². The van der Waals surface area contributed by atoms with Crippen LogP contribution in [0.5, 0.6) is 0 Å². The molecule has 0 saturated carbocycles. The van der Waals surface area contributed by atoms with Crippen LogP contribution in [0.2, 0.25) is 0 Å². The molecule has 0 bridgehead atoms. The maximum absolute atomic E-state index is 12.1. The van der Waals surface area contributed by atoms with E-state index < -0.39 is 6.10 Å². The summed E-state index contributed by atoms with van der Waals surface area (Å²) in [7, 11) is 0. The Balaban J connectivity index is 1.72. The Bertz CT molecular complexity index is 960. The molecule has 0 heterocycles. The molecule has 3 aromatic carbocycles. The van der Waals surface area contributed by atoms with Crippen molar-refractivity contribution in [3.05, 3.63) is 120 Å². The number of hydrogen-bond acceptors (Lipinski definition) is 4. The van der Waals surface area contributed by atoms with Gasteiger partial charge in [-0.15, -0.1) is 11.8 Å². The topological polar surface area (TPSA) is 46.5 Å². The molecular formula is C31H36O3S. The number of ether oxygens (including phenoxy) is 1. The summed E-state index contributed by atoms with van der Waals surface area (Å²) >= 11 is 1.88. The fraction of sp³-hybridized carbons (Fsp3) is 0.323. The molecule has 0 aliphatic carbocycles. The van der Waals surface area contributed by atoms with Crippen molar-refractivity contribution in [2.45, 2.75) is 50.1 Å². The zero-order chi connectivity index (χ0) is 25.2. The van der Waals surface area contributed by atoms with Gasteiger partial charge in [-0.3, -0.25) is 4.79 Å². The van der Waals surface area contributed by atoms with Crippen LogP contribution in [0.1, 0.15) is 50.3 Å². The van der Waals surface area contributed by atoms with E-state index >= 15 is 0 Å². The highest BCUT2D eigenvalue weighted by Crippen LogP contribution is 2.48. The molecule has 3 aromatic rings. The van der Waals surface area contributed by atoms with E-state index in [9.17, 15) is 9.90 Å². The number of carbonyl (C=O) groups excluding carboxylic acids is 1. The zero-order valence-electron chi connectivity index (χ0n) is 20.9. The van der Waals surface area contributed by atoms with E-state index in [4.69, 9.17) is 4.74 Å². The first kappa shape index (κ1) is 26.9. The van der Waals surface area contributed by atoms with E-state index in [1.54, 1.807) is 6.08 Å². The summed E-state index contributed by atoms with van der Waals surface area (Å²) in [5.41, 5.74) is 3.33. The number of aliphatic hydroxyl groups excluding tert-OH is 1. The van der Waals surface area contributed by atoms with Gasteiger partial charge in [-0.1, -0.05) is 103 Å². The molecule has 35 heavy (non-hydrogen) atoms. The Kier molecular flexibility index (Phi) is 9.91. The molecule has 3 nitrogen and oxygen atoms in total. The van der Waals surface area contributed by atoms with Gasteiger partial charge < -0.3 is 9.84 Å². The molecule has 0 aliphatic rings. The number of carbonyl (C=O) groups is 1. The van der Waals surface area contributed by atoms with Gasteiger partial charge in [0.1, 0.15) is 6.61 Å². The van der Waals surface area contributed by atoms with Gasteiger partial charge in [-0.25, -0.2) is 0 Å². The molecule has 0 amide bonds. The lowest BCUT2D eigenvalue weighted by molar-refractivity contribution is -0.129. The van der Waals surface area contributed by atoms with Crippen molar-refractivity contribution < 1.29 is 14.6 Å². The number of hydrogen-bond donors (Lipinski definition) is 1. The third-order valence-corrected chi connectivity index (χ3v) is 7.19. The third kappa shape index (κ3) is 7.93. The Hall–Kier alpha value is -2.66. The number of thioether (sulfide) groups is 1. The van der Waals surface area contributed by atoms with Gasteiger partial charge in [0.25, 0.3) is 0 Å². The average molecular weight is 489 g/mol. The minimum Gasteiger partial charge on any atom is -0.389 e. The van der Waals surface area contributed by atoms with Gasteiger partial charge >= 0.3 is 0 Å². The van der Waals surface area contributed by atoms with Crippen molar-refractivity contribution in [3.63, 3.8) is 0 Å². The largest absolute Gasteiger partial charge is 0.389 e. The zero-order valence-corrected chi connectivity index (χ0v) is 21.7. The van der Waals surface area contributed by atoms with Crippen molar-refractivity contribution in [3.8, 4) is 0 Å². The molecule has 1 atom stereocenters. The number of allylic oxidation sites excluding steroid dienone is 1. The standard InChI is InChI=1S/C31H36O3S/c1-30(2,3)34-24-29(33)23-28(32)21-13-14-22-35-31(25-15-7-4-8-16-25,26-17-9-5-10-18-26)27-19-11-6-12-20-27/h4-13,15-21,28,32H,14,22-24H2,1-3H3. The minimum atomic E-state index is -0.793. The second-order valence-corrected chi connectivity index (χ2v) is 10.9. The summed E-state index contributed by atoms with van der Waals surface area (Å²) in [5, 5.41) is 10.3. The van der Waals surface area contributed by atoms with Crippen LogP contribution < -0.4 is 0 Å². The van der Waals surface area contributed by atoms with Gasteiger partial charge in [0.2, 0.25) is 0 Å². The van der Waals surface area contributed by atoms with Gasteiger partial charge in [-0.05, 0) is 49.6 Å². The first-order valence-electron chi connectivity index (χ1n) is 12.1. The normalized spacial score (nSPS) is 13.1. The van der Waals surface area contributed by atoms with E-state index in [-0.39, 0.29) is 29.2 Å². The van der Waals surface area contributed by atoms with Crippen molar-refractivity contribution in [1.82, 2.24) is 0 Å². The predicted octanol–water partition coefficient (Wildman–Crippen LogP) is 6.79. The second-order valence-electron chi connectivity index (χ2n) is 9.56. The fourth-order valence-electron chi connectivity index (χ4n) is 3.96. The van der Waals surface area contributed by atoms with Crippen LogP contribution >= 0.6 is 11.8 Å². The summed E-state index contributed by atoms with van der Waals surface area (Å²) in [5.74, 6) is 0.755. The highest BCUT2D eigenvalue weighted by molar-refractivity contribution is 8.00. The molecule has 3 rings (SSSR count). The van der Waals surface area contributed by atoms with Crippen molar-refractivity contribution in [2.75, 3.05) is 12.4 Å². The smallest absolute Gasteiger partial charge is 0.161 e. The number of aliphatic hydroxyl groups is 1. The summed E-state index contributed by atoms with van der Waals surface area (Å²) in [6.07, 6.45) is 3.76. The summed E-state index contributed by atoms with van der Waals surface area (Å²) in [6, 6.07) is 31.8. The van der Waals surface area contributed by atoms with E-state index in [2.05, 4.69) is 72.8 Å². The SMILES string of the molecule is CC(C)(C)OCC(=O)CC(O)C=CCCSC(c1ccccc1)(c1ccccc1)c1ccccc1. The minimum absolute atomic E-state index is 0.0258. The Morgan fingerprint density at radius 1 is 0.857 bits per heavy atom. The van der Waals surface area contributed by atoms with Crippen LogP contribution in [-0.4, -0.2) is 35.0 Å². The lowest BCUT2D eigenvalue weighted by Gasteiger charge is -2.35. The van der Waals surface area contributed by atoms with Gasteiger partial charge in [0, 0.05) is 6.42 Å². The van der Waals surface area contributed by atoms with Gasteiger partial charge in [-0.2, -0.15) is 0 Å². The highest BCUT2D eigenvalue weighted by atomic mass is 32.2. The molecule has 0 aromatic heterocycles. The Morgan fingerprint density at radius 2 is 1.31 bits per heavy atom. The number of rotatable bonds is 12. The van der Waals surface area contributed by atoms with E-state index in [0.29, 0.717) is 0 Å². The van der Waals surface area contributed by atoms with E-state index in [0.717, 1.165) is 12.2 Å². The van der Waals surface area contributed by atoms with Crippen molar-refractivity contribution in [2.24, 2.45) is 0 Å². The summed E-state index contributed by atoms with van der Waals surface area (Å²) in [4.78, 5) is 12.1. The molecule has 0 saturated heterocycles. The molecule has 184 valence electrons. The van der Waals surface area contributed by atoms with E-state index in [1.165, 1.54) is 16.7 Å². The lowest BCUT2D eigenvalue weighted by Crippen LogP contribution is -2.26. The van der Waals surface area contributed by atoms with Crippen LogP contribution in [-0.2, 0) is 14.3 Å². The molecule has 0 aliphatic heterocycles. The first-order valence-corrected chi connectivity index (χ1v) is 13.1. The van der Waals surface area contributed by atoms with E-state index in [1.807, 2.05) is 56.8 Å². The number of benzene rings is 3. The molecular weight excluding hydrogens is 452 g/mol. The predicted molar refractivity (Wildman–Crippen MR) is 147 cm³/mol. The van der Waals surface area contributed by atoms with Crippen LogP contribution in [0, 0.1) is 0 Å². The average Bonchev–Trinajstić information content (AvgIpc) is 2.86. The van der Waals surface area contributed by atoms with Crippen LogP contribution in [0.25, 0.3) is 0 Å². The van der Waals surface area contributed by atoms with Crippen LogP contribution in [0.4, 0.5) is 0 Å². The van der Waals surface area contributed by atoms with Gasteiger partial charge in [0.15, 0.2) is 5.78 Å². The maximum Gasteiger partial charge on any atom is 0.161 e. The van der Waals surface area contributed by atoms with Crippen molar-refractivity contribution in [1.29, 1.82) is 0 Å². The molecule has 1 N–H and O–H groups in total. The molecule has 1 unspecified atom stereocenters. The maximum atomic E-state index is 12.1. The number of Topliss-reactive ketones (excluding diaryl/α,β-unsaturated/α-hetero) is 1. The summed E-state index contributed by atoms with van der Waals surface area (Å²) in [6.45, 7) is 5.76. The molecule has 4 heteroatoms. The Morgan fingerprint density at radius 3 is 1.74 bits per heavy atom. The molecule has 0 radical (unpaired) electrons. The highest BCUT2D eigenvalue weighted by Gasteiger charge is 2.36. The first-order chi connectivity index (χ1) is 16.8. The second kappa shape index (κ2) is 12.9. The quantitative estimate of drug-likeness (QED) is 0.173. The number of ketones is 1.